The molecule has 0 spiro atoms. The van der Waals surface area contributed by atoms with E-state index < -0.39 is 5.66 Å². The molecular formula is C28H25N7O3. The molecule has 5 aromatic rings. The molecule has 10 nitrogen and oxygen atoms in total. The summed E-state index contributed by atoms with van der Waals surface area (Å²) >= 11 is 0. The van der Waals surface area contributed by atoms with Crippen LogP contribution in [0.4, 0.5) is 11.5 Å². The van der Waals surface area contributed by atoms with Crippen LogP contribution in [0, 0.1) is 13.8 Å². The number of carbonyl (C=O) groups is 2. The van der Waals surface area contributed by atoms with Gasteiger partial charge in [-0.05, 0) is 76.2 Å². The van der Waals surface area contributed by atoms with Crippen molar-refractivity contribution in [1.29, 1.82) is 0 Å². The van der Waals surface area contributed by atoms with E-state index in [1.807, 2.05) is 27.7 Å². The Morgan fingerprint density at radius 3 is 2.47 bits per heavy atom. The number of hydrogen-bond acceptors (Lipinski definition) is 6. The number of carbonyl (C=O) groups excluding carboxylic acids is 2. The maximum atomic E-state index is 13.4. The quantitative estimate of drug-likeness (QED) is 0.233. The second-order valence-corrected chi connectivity index (χ2v) is 9.91. The van der Waals surface area contributed by atoms with Crippen LogP contribution >= 0.6 is 0 Å². The summed E-state index contributed by atoms with van der Waals surface area (Å²) in [4.78, 5) is 35.4. The predicted molar refractivity (Wildman–Crippen MR) is 144 cm³/mol. The number of aliphatic imine (C=N–C) groups is 1. The van der Waals surface area contributed by atoms with Gasteiger partial charge >= 0.3 is 0 Å². The van der Waals surface area contributed by atoms with Gasteiger partial charge in [0.25, 0.3) is 5.91 Å². The molecule has 38 heavy (non-hydrogen) atoms. The number of H-pyrrole nitrogens is 2. The molecule has 0 saturated heterocycles. The SMILES string of the molecule is Cc1cc2n(n1)C(C)(C)N(c1ccc(C(=O)c3ccc4[nH]c(O)c(C=Nc5cc(C)[nH]n5)c4c3)cc1)C2=O. The molecule has 0 radical (unpaired) electrons. The van der Waals surface area contributed by atoms with E-state index in [0.717, 1.165) is 11.4 Å². The topological polar surface area (TPSA) is 132 Å². The normalized spacial score (nSPS) is 14.6. The number of hydrogen-bond donors (Lipinski definition) is 3. The standard InChI is InChI=1S/C28H25N7O3/c1-15-12-24(32-31-15)29-14-21-20-13-18(7-10-22(20)30-26(21)37)25(36)17-5-8-19(9-6-17)34-27(38)23-11-16(2)33-35(23)28(34,3)4/h5-14,30,37H,1-4H3,(H,31,32). The van der Waals surface area contributed by atoms with Crippen molar-refractivity contribution in [1.82, 2.24) is 25.0 Å². The van der Waals surface area contributed by atoms with Gasteiger partial charge in [-0.3, -0.25) is 19.6 Å². The molecule has 190 valence electrons. The number of ketones is 1. The van der Waals surface area contributed by atoms with Crippen molar-refractivity contribution in [3.05, 3.63) is 88.4 Å². The smallest absolute Gasteiger partial charge is 0.278 e. The van der Waals surface area contributed by atoms with Gasteiger partial charge < -0.3 is 10.1 Å². The monoisotopic (exact) mass is 507 g/mol. The highest BCUT2D eigenvalue weighted by molar-refractivity contribution is 6.13. The van der Waals surface area contributed by atoms with E-state index in [4.69, 9.17) is 0 Å². The Hall–Kier alpha value is -4.99. The molecular weight excluding hydrogens is 482 g/mol. The number of aryl methyl sites for hydroxylation is 2. The number of benzene rings is 2. The number of nitrogens with zero attached hydrogens (tertiary/aromatic N) is 5. The number of amides is 1. The van der Waals surface area contributed by atoms with Gasteiger partial charge in [0.05, 0.1) is 11.3 Å². The van der Waals surface area contributed by atoms with Crippen molar-refractivity contribution in [2.45, 2.75) is 33.4 Å². The Morgan fingerprint density at radius 1 is 1.05 bits per heavy atom. The van der Waals surface area contributed by atoms with Crippen molar-refractivity contribution in [2.24, 2.45) is 4.99 Å². The van der Waals surface area contributed by atoms with Crippen molar-refractivity contribution in [2.75, 3.05) is 4.90 Å². The zero-order chi connectivity index (χ0) is 26.8. The molecule has 0 atom stereocenters. The Labute approximate surface area is 217 Å². The van der Waals surface area contributed by atoms with E-state index in [9.17, 15) is 14.7 Å². The Morgan fingerprint density at radius 2 is 1.79 bits per heavy atom. The van der Waals surface area contributed by atoms with Gasteiger partial charge in [-0.1, -0.05) is 0 Å². The fourth-order valence-electron chi connectivity index (χ4n) is 4.96. The first-order chi connectivity index (χ1) is 18.1. The number of aromatic amines is 2. The molecule has 0 saturated carbocycles. The molecule has 3 aromatic heterocycles. The van der Waals surface area contributed by atoms with E-state index in [2.05, 4.69) is 25.3 Å². The van der Waals surface area contributed by atoms with Crippen LogP contribution in [0.2, 0.25) is 0 Å². The molecule has 0 unspecified atom stereocenters. The lowest BCUT2D eigenvalue weighted by atomic mass is 10.0. The highest BCUT2D eigenvalue weighted by atomic mass is 16.3. The molecule has 2 aromatic carbocycles. The van der Waals surface area contributed by atoms with Crippen LogP contribution in [-0.4, -0.2) is 48.0 Å². The third-order valence-corrected chi connectivity index (χ3v) is 6.81. The highest BCUT2D eigenvalue weighted by Gasteiger charge is 2.45. The summed E-state index contributed by atoms with van der Waals surface area (Å²) < 4.78 is 1.74. The summed E-state index contributed by atoms with van der Waals surface area (Å²) in [5.41, 5.74) is 4.29. The van der Waals surface area contributed by atoms with Crippen LogP contribution in [-0.2, 0) is 5.66 Å². The summed E-state index contributed by atoms with van der Waals surface area (Å²) in [5, 5.41) is 22.5. The van der Waals surface area contributed by atoms with Crippen LogP contribution < -0.4 is 4.90 Å². The molecule has 1 amide bonds. The fourth-order valence-corrected chi connectivity index (χ4v) is 4.96. The lowest BCUT2D eigenvalue weighted by molar-refractivity contribution is 0.0979. The third-order valence-electron chi connectivity index (χ3n) is 6.81. The molecule has 0 aliphatic carbocycles. The number of anilines is 1. The molecule has 6 rings (SSSR count). The van der Waals surface area contributed by atoms with Gasteiger partial charge in [0.1, 0.15) is 11.4 Å². The van der Waals surface area contributed by atoms with Crippen molar-refractivity contribution < 1.29 is 14.7 Å². The number of aromatic hydroxyl groups is 1. The Kier molecular flexibility index (Phi) is 5.09. The lowest BCUT2D eigenvalue weighted by Gasteiger charge is -2.32. The summed E-state index contributed by atoms with van der Waals surface area (Å²) in [5.74, 6) is 0.131. The van der Waals surface area contributed by atoms with Gasteiger partial charge in [0.15, 0.2) is 17.5 Å². The van der Waals surface area contributed by atoms with E-state index in [1.165, 1.54) is 6.21 Å². The Balaban J connectivity index is 1.29. The predicted octanol–water partition coefficient (Wildman–Crippen LogP) is 4.74. The van der Waals surface area contributed by atoms with Crippen molar-refractivity contribution >= 4 is 40.3 Å². The maximum Gasteiger partial charge on any atom is 0.278 e. The zero-order valence-electron chi connectivity index (χ0n) is 21.3. The van der Waals surface area contributed by atoms with Gasteiger partial charge in [-0.25, -0.2) is 9.67 Å². The maximum absolute atomic E-state index is 13.4. The van der Waals surface area contributed by atoms with Crippen LogP contribution in [0.15, 0.2) is 59.6 Å². The number of aromatic nitrogens is 5. The number of nitrogens with one attached hydrogen (secondary N) is 2. The van der Waals surface area contributed by atoms with Crippen molar-refractivity contribution in [3.8, 4) is 5.88 Å². The second kappa shape index (κ2) is 8.27. The molecule has 4 heterocycles. The van der Waals surface area contributed by atoms with Crippen LogP contribution in [0.5, 0.6) is 5.88 Å². The molecule has 1 aliphatic heterocycles. The summed E-state index contributed by atoms with van der Waals surface area (Å²) in [7, 11) is 0. The first-order valence-electron chi connectivity index (χ1n) is 12.1. The Bertz CT molecular complexity index is 1770. The molecule has 10 heteroatoms. The minimum absolute atomic E-state index is 0.0435. The van der Waals surface area contributed by atoms with E-state index in [1.54, 1.807) is 64.2 Å². The van der Waals surface area contributed by atoms with Crippen LogP contribution in [0.3, 0.4) is 0 Å². The number of rotatable bonds is 5. The van der Waals surface area contributed by atoms with Crippen molar-refractivity contribution in [3.63, 3.8) is 0 Å². The minimum atomic E-state index is -0.680. The van der Waals surface area contributed by atoms with E-state index in [-0.39, 0.29) is 17.6 Å². The van der Waals surface area contributed by atoms with Gasteiger partial charge in [-0.15, -0.1) is 0 Å². The minimum Gasteiger partial charge on any atom is -0.494 e. The van der Waals surface area contributed by atoms with E-state index >= 15 is 0 Å². The number of fused-ring (bicyclic) bond motifs is 2. The molecule has 1 aliphatic rings. The van der Waals surface area contributed by atoms with Gasteiger partial charge in [0, 0.05) is 45.7 Å². The van der Waals surface area contributed by atoms with E-state index in [0.29, 0.717) is 44.8 Å². The fraction of sp³-hybridized carbons (Fsp3) is 0.179. The van der Waals surface area contributed by atoms with Crippen LogP contribution in [0.25, 0.3) is 10.9 Å². The average molecular weight is 508 g/mol. The summed E-state index contributed by atoms with van der Waals surface area (Å²) in [6.07, 6.45) is 1.52. The average Bonchev–Trinajstić information content (AvgIpc) is 3.61. The summed E-state index contributed by atoms with van der Waals surface area (Å²) in [6, 6.07) is 15.7. The van der Waals surface area contributed by atoms with Crippen LogP contribution in [0.1, 0.15) is 57.2 Å². The highest BCUT2D eigenvalue weighted by Crippen LogP contribution is 2.36. The second-order valence-electron chi connectivity index (χ2n) is 9.91. The van der Waals surface area contributed by atoms with Gasteiger partial charge in [0.2, 0.25) is 0 Å². The zero-order valence-corrected chi connectivity index (χ0v) is 21.3. The summed E-state index contributed by atoms with van der Waals surface area (Å²) in [6.45, 7) is 7.60. The third kappa shape index (κ3) is 3.61. The largest absolute Gasteiger partial charge is 0.494 e. The first kappa shape index (κ1) is 23.4. The molecule has 3 N–H and O–H groups in total. The molecule has 0 bridgehead atoms. The molecule has 0 fully saturated rings. The van der Waals surface area contributed by atoms with Gasteiger partial charge in [-0.2, -0.15) is 10.2 Å². The first-order valence-corrected chi connectivity index (χ1v) is 12.1. The lowest BCUT2D eigenvalue weighted by Crippen LogP contribution is -2.43.